The van der Waals surface area contributed by atoms with E-state index < -0.39 is 11.9 Å². The number of amides is 1. The number of aliphatic carboxylic acids is 1. The third-order valence-corrected chi connectivity index (χ3v) is 5.94. The second-order valence-electron chi connectivity index (χ2n) is 7.63. The van der Waals surface area contributed by atoms with E-state index in [9.17, 15) is 14.7 Å². The molecule has 1 aromatic carbocycles. The summed E-state index contributed by atoms with van der Waals surface area (Å²) in [5.74, 6) is -0.957. The molecule has 1 aromatic heterocycles. The van der Waals surface area contributed by atoms with Crippen LogP contribution < -0.4 is 0 Å². The summed E-state index contributed by atoms with van der Waals surface area (Å²) in [4.78, 5) is 26.1. The SMILES string of the molecule is Cc1ccnn1-c1ccc(C(=O)N2CCC([C@@H]3OCCC3C(=O)O)CC2)cc1. The van der Waals surface area contributed by atoms with E-state index in [1.165, 1.54) is 0 Å². The number of nitrogens with zero attached hydrogens (tertiary/aromatic N) is 3. The van der Waals surface area contributed by atoms with Crippen molar-refractivity contribution in [3.05, 3.63) is 47.8 Å². The zero-order valence-corrected chi connectivity index (χ0v) is 16.0. The van der Waals surface area contributed by atoms with Crippen LogP contribution in [-0.2, 0) is 9.53 Å². The lowest BCUT2D eigenvalue weighted by Crippen LogP contribution is -2.43. The van der Waals surface area contributed by atoms with Gasteiger partial charge in [-0.3, -0.25) is 9.59 Å². The number of aromatic nitrogens is 2. The van der Waals surface area contributed by atoms with Crippen molar-refractivity contribution in [2.45, 2.75) is 32.3 Å². The Morgan fingerprint density at radius 1 is 1.11 bits per heavy atom. The third-order valence-electron chi connectivity index (χ3n) is 5.94. The van der Waals surface area contributed by atoms with Gasteiger partial charge < -0.3 is 14.7 Å². The van der Waals surface area contributed by atoms with Gasteiger partial charge >= 0.3 is 5.97 Å². The summed E-state index contributed by atoms with van der Waals surface area (Å²) in [5, 5.41) is 13.6. The van der Waals surface area contributed by atoms with Crippen LogP contribution >= 0.6 is 0 Å². The highest BCUT2D eigenvalue weighted by Crippen LogP contribution is 2.33. The third kappa shape index (κ3) is 3.54. The fraction of sp³-hybridized carbons (Fsp3) is 0.476. The smallest absolute Gasteiger partial charge is 0.309 e. The first kappa shape index (κ1) is 18.7. The molecule has 3 heterocycles. The van der Waals surface area contributed by atoms with Crippen LogP contribution in [0.3, 0.4) is 0 Å². The predicted molar refractivity (Wildman–Crippen MR) is 102 cm³/mol. The lowest BCUT2D eigenvalue weighted by Gasteiger charge is -2.35. The Kier molecular flexibility index (Phi) is 5.17. The number of likely N-dealkylation sites (tertiary alicyclic amines) is 1. The van der Waals surface area contributed by atoms with Crippen LogP contribution in [0, 0.1) is 18.8 Å². The van der Waals surface area contributed by atoms with Gasteiger partial charge in [-0.15, -0.1) is 0 Å². The van der Waals surface area contributed by atoms with Crippen molar-refractivity contribution >= 4 is 11.9 Å². The maximum atomic E-state index is 12.8. The quantitative estimate of drug-likeness (QED) is 0.877. The maximum Gasteiger partial charge on any atom is 0.309 e. The molecule has 7 heteroatoms. The zero-order valence-electron chi connectivity index (χ0n) is 16.0. The van der Waals surface area contributed by atoms with E-state index in [4.69, 9.17) is 4.74 Å². The molecule has 1 amide bonds. The van der Waals surface area contributed by atoms with Gasteiger partial charge in [-0.2, -0.15) is 5.10 Å². The van der Waals surface area contributed by atoms with Gasteiger partial charge in [0.2, 0.25) is 0 Å². The fourth-order valence-electron chi connectivity index (χ4n) is 4.34. The van der Waals surface area contributed by atoms with Crippen molar-refractivity contribution in [2.24, 2.45) is 11.8 Å². The van der Waals surface area contributed by atoms with E-state index in [2.05, 4.69) is 5.10 Å². The number of rotatable bonds is 4. The number of ether oxygens (including phenoxy) is 1. The van der Waals surface area contributed by atoms with Crippen molar-refractivity contribution in [3.63, 3.8) is 0 Å². The Labute approximate surface area is 163 Å². The zero-order chi connectivity index (χ0) is 19.7. The molecule has 1 unspecified atom stereocenters. The molecule has 2 aliphatic heterocycles. The van der Waals surface area contributed by atoms with E-state index >= 15 is 0 Å². The normalized spacial score (nSPS) is 23.1. The number of aryl methyl sites for hydroxylation is 1. The first-order valence-corrected chi connectivity index (χ1v) is 9.79. The van der Waals surface area contributed by atoms with E-state index in [-0.39, 0.29) is 17.9 Å². The minimum atomic E-state index is -0.770. The molecule has 0 aliphatic carbocycles. The predicted octanol–water partition coefficient (Wildman–Crippen LogP) is 2.52. The summed E-state index contributed by atoms with van der Waals surface area (Å²) in [6.07, 6.45) is 3.68. The average Bonchev–Trinajstić information content (AvgIpc) is 3.37. The summed E-state index contributed by atoms with van der Waals surface area (Å²) in [6, 6.07) is 9.43. The van der Waals surface area contributed by atoms with Crippen LogP contribution in [-0.4, -0.2) is 57.5 Å². The molecule has 7 nitrogen and oxygen atoms in total. The molecule has 1 N–H and O–H groups in total. The summed E-state index contributed by atoms with van der Waals surface area (Å²) in [7, 11) is 0. The van der Waals surface area contributed by atoms with E-state index in [1.54, 1.807) is 6.20 Å². The number of benzene rings is 1. The van der Waals surface area contributed by atoms with Crippen LogP contribution in [0.4, 0.5) is 0 Å². The number of piperidine rings is 1. The Balaban J connectivity index is 1.38. The Morgan fingerprint density at radius 2 is 1.82 bits per heavy atom. The van der Waals surface area contributed by atoms with E-state index in [1.807, 2.05) is 46.8 Å². The Hall–Kier alpha value is -2.67. The molecule has 28 heavy (non-hydrogen) atoms. The molecule has 0 radical (unpaired) electrons. The van der Waals surface area contributed by atoms with E-state index in [0.717, 1.165) is 24.2 Å². The summed E-state index contributed by atoms with van der Waals surface area (Å²) in [5.41, 5.74) is 2.62. The minimum absolute atomic E-state index is 0.0179. The highest BCUT2D eigenvalue weighted by Gasteiger charge is 2.40. The lowest BCUT2D eigenvalue weighted by molar-refractivity contribution is -0.145. The molecule has 2 fully saturated rings. The minimum Gasteiger partial charge on any atom is -0.481 e. The molecular weight excluding hydrogens is 358 g/mol. The maximum absolute atomic E-state index is 12.8. The van der Waals surface area contributed by atoms with Gasteiger partial charge in [0.05, 0.1) is 17.7 Å². The molecule has 148 valence electrons. The average molecular weight is 383 g/mol. The van der Waals surface area contributed by atoms with Crippen molar-refractivity contribution in [1.29, 1.82) is 0 Å². The Morgan fingerprint density at radius 3 is 2.43 bits per heavy atom. The number of hydrogen-bond acceptors (Lipinski definition) is 4. The van der Waals surface area contributed by atoms with Gasteiger partial charge in [-0.1, -0.05) is 0 Å². The number of carbonyl (C=O) groups excluding carboxylic acids is 1. The second-order valence-corrected chi connectivity index (χ2v) is 7.63. The molecule has 0 bridgehead atoms. The molecule has 2 atom stereocenters. The topological polar surface area (TPSA) is 84.7 Å². The molecule has 2 aliphatic rings. The van der Waals surface area contributed by atoms with Crippen molar-refractivity contribution in [2.75, 3.05) is 19.7 Å². The van der Waals surface area contributed by atoms with Crippen LogP contribution in [0.5, 0.6) is 0 Å². The van der Waals surface area contributed by atoms with Gasteiger partial charge in [0.1, 0.15) is 0 Å². The van der Waals surface area contributed by atoms with Crippen LogP contribution in [0.2, 0.25) is 0 Å². The monoisotopic (exact) mass is 383 g/mol. The number of carbonyl (C=O) groups is 2. The molecule has 2 saturated heterocycles. The first-order valence-electron chi connectivity index (χ1n) is 9.79. The number of hydrogen-bond donors (Lipinski definition) is 1. The highest BCUT2D eigenvalue weighted by molar-refractivity contribution is 5.94. The first-order chi connectivity index (χ1) is 13.5. The van der Waals surface area contributed by atoms with Gasteiger partial charge in [0.25, 0.3) is 5.91 Å². The molecular formula is C21H25N3O4. The van der Waals surface area contributed by atoms with Gasteiger partial charge in [-0.25, -0.2) is 4.68 Å². The van der Waals surface area contributed by atoms with Gasteiger partial charge in [0.15, 0.2) is 0 Å². The number of carboxylic acids is 1. The highest BCUT2D eigenvalue weighted by atomic mass is 16.5. The van der Waals surface area contributed by atoms with E-state index in [0.29, 0.717) is 31.7 Å². The van der Waals surface area contributed by atoms with Gasteiger partial charge in [-0.05, 0) is 62.4 Å². The lowest BCUT2D eigenvalue weighted by atomic mass is 9.84. The Bertz CT molecular complexity index is 853. The number of carboxylic acid groups (broad SMARTS) is 1. The van der Waals surface area contributed by atoms with Gasteiger partial charge in [0, 0.05) is 37.2 Å². The van der Waals surface area contributed by atoms with Crippen molar-refractivity contribution < 1.29 is 19.4 Å². The summed E-state index contributed by atoms with van der Waals surface area (Å²) >= 11 is 0. The second kappa shape index (κ2) is 7.75. The van der Waals surface area contributed by atoms with Crippen LogP contribution in [0.15, 0.2) is 36.5 Å². The molecule has 0 spiro atoms. The van der Waals surface area contributed by atoms with Crippen LogP contribution in [0.25, 0.3) is 5.69 Å². The summed E-state index contributed by atoms with van der Waals surface area (Å²) in [6.45, 7) is 3.77. The molecule has 0 saturated carbocycles. The molecule has 4 rings (SSSR count). The molecule has 2 aromatic rings. The fourth-order valence-corrected chi connectivity index (χ4v) is 4.34. The standard InChI is InChI=1S/C21H25N3O4/c1-14-6-10-22-24(14)17-4-2-16(3-5-17)20(25)23-11-7-15(8-12-23)19-18(21(26)27)9-13-28-19/h2-6,10,15,18-19H,7-9,11-13H2,1H3,(H,26,27)/t18?,19-/m0/s1. The largest absolute Gasteiger partial charge is 0.481 e. The van der Waals surface area contributed by atoms with Crippen molar-refractivity contribution in [1.82, 2.24) is 14.7 Å². The van der Waals surface area contributed by atoms with Crippen LogP contribution in [0.1, 0.15) is 35.3 Å². The van der Waals surface area contributed by atoms with Crippen molar-refractivity contribution in [3.8, 4) is 5.69 Å². The summed E-state index contributed by atoms with van der Waals surface area (Å²) < 4.78 is 7.55.